The molecule has 1 fully saturated rings. The quantitative estimate of drug-likeness (QED) is 0.436. The highest BCUT2D eigenvalue weighted by Crippen LogP contribution is 2.31. The van der Waals surface area contributed by atoms with Gasteiger partial charge in [0, 0.05) is 0 Å². The first-order valence-electron chi connectivity index (χ1n) is 9.50. The molecule has 0 aromatic heterocycles. The zero-order chi connectivity index (χ0) is 17.8. The first-order chi connectivity index (χ1) is 11.6. The lowest BCUT2D eigenvalue weighted by atomic mass is 10.0. The van der Waals surface area contributed by atoms with Crippen LogP contribution in [0.15, 0.2) is 0 Å². The number of ether oxygens (including phenoxy) is 1. The number of rotatable bonds is 13. The van der Waals surface area contributed by atoms with Crippen LogP contribution in [0, 0.1) is 0 Å². The van der Waals surface area contributed by atoms with E-state index in [1.165, 1.54) is 63.1 Å². The van der Waals surface area contributed by atoms with Gasteiger partial charge in [-0.1, -0.05) is 64.7 Å². The van der Waals surface area contributed by atoms with E-state index in [2.05, 4.69) is 6.92 Å². The molecule has 0 radical (unpaired) electrons. The Bertz CT molecular complexity index is 307. The summed E-state index contributed by atoms with van der Waals surface area (Å²) in [5.41, 5.74) is -0.806. The smallest absolute Gasteiger partial charge is 0.164 e. The zero-order valence-corrected chi connectivity index (χ0v) is 15.7. The Balaban J connectivity index is 2.02. The summed E-state index contributed by atoms with van der Waals surface area (Å²) < 4.78 is 19.3. The summed E-state index contributed by atoms with van der Waals surface area (Å²) in [6, 6.07) is 0. The van der Waals surface area contributed by atoms with Crippen molar-refractivity contribution in [3.8, 4) is 0 Å². The number of aliphatic hydroxyl groups is 3. The SMILES string of the molecule is CCCCCCCCCCCCS[C@H]1O[C@H](CO)[C@@H](O)[C@H](O)[C@H]1F. The molecule has 1 aliphatic rings. The Labute approximate surface area is 150 Å². The van der Waals surface area contributed by atoms with Gasteiger partial charge in [-0.25, -0.2) is 4.39 Å². The summed E-state index contributed by atoms with van der Waals surface area (Å²) >= 11 is 1.33. The van der Waals surface area contributed by atoms with Crippen LogP contribution >= 0.6 is 11.8 Å². The number of unbranched alkanes of at least 4 members (excludes halogenated alkanes) is 9. The fourth-order valence-corrected chi connectivity index (χ4v) is 4.14. The van der Waals surface area contributed by atoms with Gasteiger partial charge in [-0.15, -0.1) is 11.8 Å². The molecule has 1 heterocycles. The Morgan fingerprint density at radius 2 is 1.42 bits per heavy atom. The van der Waals surface area contributed by atoms with E-state index in [0.29, 0.717) is 0 Å². The Morgan fingerprint density at radius 1 is 0.875 bits per heavy atom. The third-order valence-corrected chi connectivity index (χ3v) is 5.81. The standard InChI is InChI=1S/C18H35FO4S/c1-2-3-4-5-6-7-8-9-10-11-12-24-18-15(19)17(22)16(21)14(13-20)23-18/h14-18,20-22H,2-13H2,1H3/t14-,15-,16-,17-,18-/m1/s1. The number of halogens is 1. The highest BCUT2D eigenvalue weighted by Gasteiger charge is 2.44. The molecule has 0 amide bonds. The summed E-state index contributed by atoms with van der Waals surface area (Å²) in [5, 5.41) is 28.4. The summed E-state index contributed by atoms with van der Waals surface area (Å²) in [5.74, 6) is 0.766. The van der Waals surface area contributed by atoms with Gasteiger partial charge in [0.2, 0.25) is 0 Å². The van der Waals surface area contributed by atoms with E-state index in [0.717, 1.165) is 18.6 Å². The Kier molecular flexibility index (Phi) is 12.3. The second kappa shape index (κ2) is 13.3. The largest absolute Gasteiger partial charge is 0.394 e. The molecule has 5 atom stereocenters. The number of thioether (sulfide) groups is 1. The van der Waals surface area contributed by atoms with Gasteiger partial charge in [0.1, 0.15) is 23.7 Å². The third-order valence-electron chi connectivity index (χ3n) is 4.59. The fourth-order valence-electron chi connectivity index (χ4n) is 2.97. The maximum Gasteiger partial charge on any atom is 0.164 e. The van der Waals surface area contributed by atoms with Crippen molar-refractivity contribution in [2.75, 3.05) is 12.4 Å². The molecule has 0 bridgehead atoms. The first kappa shape index (κ1) is 22.2. The van der Waals surface area contributed by atoms with Gasteiger partial charge in [0.05, 0.1) is 6.61 Å². The van der Waals surface area contributed by atoms with Crippen LogP contribution in [-0.2, 0) is 4.74 Å². The van der Waals surface area contributed by atoms with Gasteiger partial charge in [-0.05, 0) is 12.2 Å². The van der Waals surface area contributed by atoms with E-state index >= 15 is 0 Å². The van der Waals surface area contributed by atoms with Gasteiger partial charge in [-0.3, -0.25) is 0 Å². The van der Waals surface area contributed by atoms with E-state index in [-0.39, 0.29) is 0 Å². The predicted octanol–water partition coefficient (Wildman–Crippen LogP) is 3.42. The Hall–Kier alpha value is 0.120. The van der Waals surface area contributed by atoms with Gasteiger partial charge >= 0.3 is 0 Å². The average Bonchev–Trinajstić information content (AvgIpc) is 2.59. The minimum absolute atomic E-state index is 0.416. The van der Waals surface area contributed by atoms with E-state index in [1.54, 1.807) is 0 Å². The maximum atomic E-state index is 14.0. The normalized spacial score (nSPS) is 30.6. The zero-order valence-electron chi connectivity index (χ0n) is 14.9. The van der Waals surface area contributed by atoms with E-state index in [1.807, 2.05) is 0 Å². The molecule has 1 saturated heterocycles. The van der Waals surface area contributed by atoms with Crippen LogP contribution in [0.5, 0.6) is 0 Å². The molecule has 24 heavy (non-hydrogen) atoms. The lowest BCUT2D eigenvalue weighted by Gasteiger charge is -2.38. The van der Waals surface area contributed by atoms with Crippen LogP contribution < -0.4 is 0 Å². The monoisotopic (exact) mass is 366 g/mol. The van der Waals surface area contributed by atoms with Gasteiger partial charge < -0.3 is 20.1 Å². The van der Waals surface area contributed by atoms with Crippen LogP contribution in [0.2, 0.25) is 0 Å². The van der Waals surface area contributed by atoms with Gasteiger partial charge in [0.25, 0.3) is 0 Å². The molecule has 3 N–H and O–H groups in total. The van der Waals surface area contributed by atoms with Crippen LogP contribution in [0.4, 0.5) is 4.39 Å². The molecule has 1 aliphatic heterocycles. The van der Waals surface area contributed by atoms with Crippen molar-refractivity contribution in [3.63, 3.8) is 0 Å². The van der Waals surface area contributed by atoms with E-state index in [4.69, 9.17) is 9.84 Å². The minimum Gasteiger partial charge on any atom is -0.394 e. The second-order valence-corrected chi connectivity index (χ2v) is 7.91. The van der Waals surface area contributed by atoms with Crippen molar-refractivity contribution in [1.82, 2.24) is 0 Å². The van der Waals surface area contributed by atoms with Crippen molar-refractivity contribution >= 4 is 11.8 Å². The van der Waals surface area contributed by atoms with E-state index in [9.17, 15) is 14.6 Å². The van der Waals surface area contributed by atoms with E-state index < -0.39 is 36.5 Å². The Morgan fingerprint density at radius 3 is 1.96 bits per heavy atom. The fraction of sp³-hybridized carbons (Fsp3) is 1.00. The number of alkyl halides is 1. The summed E-state index contributed by atoms with van der Waals surface area (Å²) in [6.45, 7) is 1.81. The minimum atomic E-state index is -1.61. The maximum absolute atomic E-state index is 14.0. The topological polar surface area (TPSA) is 69.9 Å². The lowest BCUT2D eigenvalue weighted by Crippen LogP contribution is -2.56. The number of hydrogen-bond acceptors (Lipinski definition) is 5. The highest BCUT2D eigenvalue weighted by molar-refractivity contribution is 7.99. The van der Waals surface area contributed by atoms with Crippen molar-refractivity contribution < 1.29 is 24.4 Å². The van der Waals surface area contributed by atoms with Crippen LogP contribution in [-0.4, -0.2) is 57.6 Å². The summed E-state index contributed by atoms with van der Waals surface area (Å²) in [6.07, 6.45) is 7.20. The molecular formula is C18H35FO4S. The van der Waals surface area contributed by atoms with Crippen molar-refractivity contribution in [1.29, 1.82) is 0 Å². The van der Waals surface area contributed by atoms with Crippen LogP contribution in [0.25, 0.3) is 0 Å². The van der Waals surface area contributed by atoms with Gasteiger partial charge in [-0.2, -0.15) is 0 Å². The molecule has 6 heteroatoms. The van der Waals surface area contributed by atoms with Crippen molar-refractivity contribution in [3.05, 3.63) is 0 Å². The molecule has 0 unspecified atom stereocenters. The molecule has 0 saturated carbocycles. The second-order valence-electron chi connectivity index (χ2n) is 6.70. The summed E-state index contributed by atoms with van der Waals surface area (Å²) in [4.78, 5) is 0. The third kappa shape index (κ3) is 8.00. The molecule has 1 rings (SSSR count). The van der Waals surface area contributed by atoms with Crippen LogP contribution in [0.3, 0.4) is 0 Å². The average molecular weight is 367 g/mol. The molecule has 0 aromatic rings. The summed E-state index contributed by atoms with van der Waals surface area (Å²) in [7, 11) is 0. The van der Waals surface area contributed by atoms with Gasteiger partial charge in [0.15, 0.2) is 6.17 Å². The molecule has 0 aromatic carbocycles. The predicted molar refractivity (Wildman–Crippen MR) is 97.0 cm³/mol. The highest BCUT2D eigenvalue weighted by atomic mass is 32.2. The first-order valence-corrected chi connectivity index (χ1v) is 10.5. The molecular weight excluding hydrogens is 331 g/mol. The van der Waals surface area contributed by atoms with Crippen LogP contribution in [0.1, 0.15) is 71.1 Å². The lowest BCUT2D eigenvalue weighted by molar-refractivity contribution is -0.188. The number of aliphatic hydroxyl groups excluding tert-OH is 3. The van der Waals surface area contributed by atoms with Crippen molar-refractivity contribution in [2.24, 2.45) is 0 Å². The molecule has 0 aliphatic carbocycles. The molecule has 0 spiro atoms. The molecule has 144 valence electrons. The van der Waals surface area contributed by atoms with Crippen molar-refractivity contribution in [2.45, 2.75) is 101 Å². The number of hydrogen-bond donors (Lipinski definition) is 3. The molecule has 4 nitrogen and oxygen atoms in total.